The number of halogens is 2. The van der Waals surface area contributed by atoms with E-state index in [1.807, 2.05) is 0 Å². The molecule has 0 saturated heterocycles. The van der Waals surface area contributed by atoms with E-state index in [2.05, 4.69) is 15.6 Å². The van der Waals surface area contributed by atoms with E-state index in [0.29, 0.717) is 16.9 Å². The van der Waals surface area contributed by atoms with Crippen molar-refractivity contribution in [2.45, 2.75) is 0 Å². The molecule has 5 nitrogen and oxygen atoms in total. The first-order valence-electron chi connectivity index (χ1n) is 7.61. The third-order valence-electron chi connectivity index (χ3n) is 3.49. The van der Waals surface area contributed by atoms with Gasteiger partial charge < -0.3 is 10.6 Å². The standard InChI is InChI=1S/C19H13ClFN3O2/c20-15-7-2-8-16(21)17(15)19(26)24-14-6-1-5-13(10-14)23-18(25)12-4-3-9-22-11-12/h1-11H,(H,23,25)(H,24,26). The highest BCUT2D eigenvalue weighted by molar-refractivity contribution is 6.34. The predicted molar refractivity (Wildman–Crippen MR) is 98.0 cm³/mol. The number of hydrogen-bond donors (Lipinski definition) is 2. The largest absolute Gasteiger partial charge is 0.322 e. The Hall–Kier alpha value is -3.25. The molecule has 7 heteroatoms. The lowest BCUT2D eigenvalue weighted by molar-refractivity contribution is 0.101. The van der Waals surface area contributed by atoms with Crippen molar-refractivity contribution in [2.24, 2.45) is 0 Å². The summed E-state index contributed by atoms with van der Waals surface area (Å²) in [7, 11) is 0. The number of carbonyl (C=O) groups excluding carboxylic acids is 2. The van der Waals surface area contributed by atoms with Crippen LogP contribution < -0.4 is 10.6 Å². The molecule has 26 heavy (non-hydrogen) atoms. The van der Waals surface area contributed by atoms with Crippen LogP contribution in [0.1, 0.15) is 20.7 Å². The molecule has 0 saturated carbocycles. The molecule has 0 spiro atoms. The zero-order chi connectivity index (χ0) is 18.5. The van der Waals surface area contributed by atoms with E-state index in [1.54, 1.807) is 42.6 Å². The van der Waals surface area contributed by atoms with Crippen LogP contribution in [0, 0.1) is 5.82 Å². The molecule has 1 heterocycles. The van der Waals surface area contributed by atoms with Crippen molar-refractivity contribution in [1.29, 1.82) is 0 Å². The van der Waals surface area contributed by atoms with Gasteiger partial charge in [-0.3, -0.25) is 14.6 Å². The van der Waals surface area contributed by atoms with Crippen LogP contribution in [0.5, 0.6) is 0 Å². The number of nitrogens with one attached hydrogen (secondary N) is 2. The molecule has 0 aliphatic carbocycles. The fourth-order valence-corrected chi connectivity index (χ4v) is 2.53. The molecule has 2 aromatic carbocycles. The van der Waals surface area contributed by atoms with Crippen LogP contribution in [-0.2, 0) is 0 Å². The van der Waals surface area contributed by atoms with E-state index in [-0.39, 0.29) is 16.5 Å². The predicted octanol–water partition coefficient (Wildman–Crippen LogP) is 4.38. The summed E-state index contributed by atoms with van der Waals surface area (Å²) >= 11 is 5.89. The maximum Gasteiger partial charge on any atom is 0.260 e. The van der Waals surface area contributed by atoms with Crippen molar-refractivity contribution in [3.8, 4) is 0 Å². The minimum Gasteiger partial charge on any atom is -0.322 e. The molecule has 0 unspecified atom stereocenters. The smallest absolute Gasteiger partial charge is 0.260 e. The highest BCUT2D eigenvalue weighted by Crippen LogP contribution is 2.22. The lowest BCUT2D eigenvalue weighted by Crippen LogP contribution is -2.15. The molecular formula is C19H13ClFN3O2. The maximum atomic E-state index is 13.8. The van der Waals surface area contributed by atoms with E-state index in [4.69, 9.17) is 11.6 Å². The van der Waals surface area contributed by atoms with E-state index < -0.39 is 11.7 Å². The average Bonchev–Trinajstić information content (AvgIpc) is 2.62. The van der Waals surface area contributed by atoms with Crippen molar-refractivity contribution in [2.75, 3.05) is 10.6 Å². The number of hydrogen-bond acceptors (Lipinski definition) is 3. The number of nitrogens with zero attached hydrogens (tertiary/aromatic N) is 1. The van der Waals surface area contributed by atoms with Crippen LogP contribution in [0.2, 0.25) is 5.02 Å². The zero-order valence-corrected chi connectivity index (χ0v) is 14.1. The van der Waals surface area contributed by atoms with Gasteiger partial charge in [-0.15, -0.1) is 0 Å². The Labute approximate surface area is 153 Å². The molecule has 0 radical (unpaired) electrons. The molecule has 0 aliphatic heterocycles. The third-order valence-corrected chi connectivity index (χ3v) is 3.81. The molecule has 2 N–H and O–H groups in total. The van der Waals surface area contributed by atoms with E-state index in [9.17, 15) is 14.0 Å². The molecule has 0 aliphatic rings. The second kappa shape index (κ2) is 7.76. The summed E-state index contributed by atoms with van der Waals surface area (Å²) in [6.45, 7) is 0. The summed E-state index contributed by atoms with van der Waals surface area (Å²) in [4.78, 5) is 28.3. The number of anilines is 2. The number of benzene rings is 2. The highest BCUT2D eigenvalue weighted by atomic mass is 35.5. The van der Waals surface area contributed by atoms with Crippen LogP contribution in [0.25, 0.3) is 0 Å². The van der Waals surface area contributed by atoms with Crippen molar-refractivity contribution >= 4 is 34.8 Å². The molecular weight excluding hydrogens is 357 g/mol. The summed E-state index contributed by atoms with van der Waals surface area (Å²) in [5, 5.41) is 5.29. The van der Waals surface area contributed by atoms with Gasteiger partial charge in [0, 0.05) is 23.8 Å². The molecule has 3 aromatic rings. The Bertz CT molecular complexity index is 944. The quantitative estimate of drug-likeness (QED) is 0.717. The number of amides is 2. The Morgan fingerprint density at radius 3 is 2.27 bits per heavy atom. The van der Waals surface area contributed by atoms with Crippen LogP contribution in [-0.4, -0.2) is 16.8 Å². The lowest BCUT2D eigenvalue weighted by atomic mass is 10.2. The fraction of sp³-hybridized carbons (Fsp3) is 0. The summed E-state index contributed by atoms with van der Waals surface area (Å²) < 4.78 is 13.8. The van der Waals surface area contributed by atoms with Gasteiger partial charge in [0.15, 0.2) is 0 Å². The van der Waals surface area contributed by atoms with E-state index in [1.165, 1.54) is 18.3 Å². The number of pyridine rings is 1. The maximum absolute atomic E-state index is 13.8. The van der Waals surface area contributed by atoms with Crippen molar-refractivity contribution in [3.05, 3.63) is 89.0 Å². The lowest BCUT2D eigenvalue weighted by Gasteiger charge is -2.10. The second-order valence-electron chi connectivity index (χ2n) is 5.33. The van der Waals surface area contributed by atoms with Crippen LogP contribution in [0.4, 0.5) is 15.8 Å². The monoisotopic (exact) mass is 369 g/mol. The second-order valence-corrected chi connectivity index (χ2v) is 5.73. The Morgan fingerprint density at radius 1 is 0.923 bits per heavy atom. The van der Waals surface area contributed by atoms with Gasteiger partial charge in [-0.2, -0.15) is 0 Å². The Kier molecular flexibility index (Phi) is 5.24. The van der Waals surface area contributed by atoms with Gasteiger partial charge in [-0.05, 0) is 42.5 Å². The minimum absolute atomic E-state index is 0.0172. The van der Waals surface area contributed by atoms with Gasteiger partial charge in [0.1, 0.15) is 5.82 Å². The van der Waals surface area contributed by atoms with Crippen LogP contribution >= 0.6 is 11.6 Å². The summed E-state index contributed by atoms with van der Waals surface area (Å²) in [6, 6.07) is 13.8. The number of carbonyl (C=O) groups is 2. The van der Waals surface area contributed by atoms with Crippen LogP contribution in [0.3, 0.4) is 0 Å². The van der Waals surface area contributed by atoms with Gasteiger partial charge in [-0.25, -0.2) is 4.39 Å². The molecule has 2 amide bonds. The first-order valence-corrected chi connectivity index (χ1v) is 7.99. The summed E-state index contributed by atoms with van der Waals surface area (Å²) in [5.74, 6) is -1.72. The molecule has 0 bridgehead atoms. The van der Waals surface area contributed by atoms with Crippen LogP contribution in [0.15, 0.2) is 67.0 Å². The molecule has 1 aromatic heterocycles. The SMILES string of the molecule is O=C(Nc1cccc(NC(=O)c2c(F)cccc2Cl)c1)c1cccnc1. The summed E-state index contributed by atoms with van der Waals surface area (Å²) in [6.07, 6.45) is 3.02. The first-order chi connectivity index (χ1) is 12.5. The molecule has 0 fully saturated rings. The van der Waals surface area contributed by atoms with Crippen molar-refractivity contribution in [1.82, 2.24) is 4.98 Å². The normalized spacial score (nSPS) is 10.2. The van der Waals surface area contributed by atoms with Crippen molar-refractivity contribution < 1.29 is 14.0 Å². The highest BCUT2D eigenvalue weighted by Gasteiger charge is 2.16. The van der Waals surface area contributed by atoms with Gasteiger partial charge in [-0.1, -0.05) is 23.7 Å². The van der Waals surface area contributed by atoms with Gasteiger partial charge in [0.05, 0.1) is 16.1 Å². The Balaban J connectivity index is 1.75. The zero-order valence-electron chi connectivity index (χ0n) is 13.4. The number of aromatic nitrogens is 1. The molecule has 130 valence electrons. The van der Waals surface area contributed by atoms with Gasteiger partial charge in [0.25, 0.3) is 11.8 Å². The fourth-order valence-electron chi connectivity index (χ4n) is 2.28. The number of rotatable bonds is 4. The topological polar surface area (TPSA) is 71.1 Å². The Morgan fingerprint density at radius 2 is 1.62 bits per heavy atom. The van der Waals surface area contributed by atoms with Gasteiger partial charge >= 0.3 is 0 Å². The third kappa shape index (κ3) is 4.04. The van der Waals surface area contributed by atoms with E-state index >= 15 is 0 Å². The van der Waals surface area contributed by atoms with Crippen molar-refractivity contribution in [3.63, 3.8) is 0 Å². The summed E-state index contributed by atoms with van der Waals surface area (Å²) in [5.41, 5.74) is 1.02. The van der Waals surface area contributed by atoms with Gasteiger partial charge in [0.2, 0.25) is 0 Å². The minimum atomic E-state index is -0.712. The first kappa shape index (κ1) is 17.6. The average molecular weight is 370 g/mol. The molecule has 0 atom stereocenters. The van der Waals surface area contributed by atoms with E-state index in [0.717, 1.165) is 6.07 Å². The molecule has 3 rings (SSSR count).